The van der Waals surface area contributed by atoms with E-state index in [1.54, 1.807) is 0 Å². The molecule has 2 heterocycles. The van der Waals surface area contributed by atoms with Gasteiger partial charge in [0.1, 0.15) is 0 Å². The van der Waals surface area contributed by atoms with Gasteiger partial charge in [-0.1, -0.05) is 28.9 Å². The van der Waals surface area contributed by atoms with Crippen molar-refractivity contribution >= 4 is 11.6 Å². The number of hydrogen-bond donors (Lipinski definition) is 1. The van der Waals surface area contributed by atoms with Crippen molar-refractivity contribution in [3.8, 4) is 0 Å². The van der Waals surface area contributed by atoms with Crippen LogP contribution in [0.1, 0.15) is 48.2 Å². The van der Waals surface area contributed by atoms with Crippen molar-refractivity contribution < 1.29 is 0 Å². The van der Waals surface area contributed by atoms with Gasteiger partial charge in [-0.05, 0) is 49.4 Å². The van der Waals surface area contributed by atoms with Crippen LogP contribution in [0.3, 0.4) is 0 Å². The zero-order valence-electron chi connectivity index (χ0n) is 13.2. The molecule has 0 bridgehead atoms. The second-order valence-electron chi connectivity index (χ2n) is 6.55. The van der Waals surface area contributed by atoms with Gasteiger partial charge in [0.05, 0.1) is 17.9 Å². The smallest absolute Gasteiger partial charge is 0.0962 e. The first-order valence-corrected chi connectivity index (χ1v) is 8.76. The predicted molar refractivity (Wildman–Crippen MR) is 90.3 cm³/mol. The average Bonchev–Trinajstić information content (AvgIpc) is 3.23. The first-order chi connectivity index (χ1) is 11.3. The van der Waals surface area contributed by atoms with Gasteiger partial charge in [0.25, 0.3) is 0 Å². The largest absolute Gasteiger partial charge is 0.325 e. The Labute approximate surface area is 141 Å². The van der Waals surface area contributed by atoms with Crippen LogP contribution in [-0.2, 0) is 13.0 Å². The molecule has 1 aromatic heterocycles. The molecule has 23 heavy (non-hydrogen) atoms. The average molecular weight is 332 g/mol. The van der Waals surface area contributed by atoms with E-state index in [-0.39, 0.29) is 0 Å². The first kappa shape index (κ1) is 15.1. The third kappa shape index (κ3) is 2.77. The summed E-state index contributed by atoms with van der Waals surface area (Å²) in [5.74, 6) is 0. The van der Waals surface area contributed by atoms with Gasteiger partial charge < -0.3 is 5.73 Å². The topological polar surface area (TPSA) is 60.0 Å². The quantitative estimate of drug-likeness (QED) is 0.939. The van der Waals surface area contributed by atoms with Crippen molar-refractivity contribution in [1.29, 1.82) is 0 Å². The zero-order valence-corrected chi connectivity index (χ0v) is 13.9. The minimum atomic E-state index is 0.389. The van der Waals surface area contributed by atoms with Crippen LogP contribution in [-0.4, -0.2) is 33.0 Å². The number of hydrogen-bond acceptors (Lipinski definition) is 4. The normalized spacial score (nSPS) is 24.8. The Kier molecular flexibility index (Phi) is 4.09. The molecular formula is C17H22ClN5. The molecular weight excluding hydrogens is 310 g/mol. The van der Waals surface area contributed by atoms with E-state index in [1.165, 1.54) is 17.5 Å². The number of nitrogens with two attached hydrogens (primary N) is 1. The summed E-state index contributed by atoms with van der Waals surface area (Å²) < 4.78 is 2.00. The summed E-state index contributed by atoms with van der Waals surface area (Å²) in [6, 6.07) is 7.20. The summed E-state index contributed by atoms with van der Waals surface area (Å²) in [5.41, 5.74) is 9.27. The molecule has 2 atom stereocenters. The molecule has 122 valence electrons. The minimum Gasteiger partial charge on any atom is -0.325 e. The van der Waals surface area contributed by atoms with E-state index in [9.17, 15) is 0 Å². The number of rotatable bonds is 3. The minimum absolute atomic E-state index is 0.389. The maximum Gasteiger partial charge on any atom is 0.0962 e. The molecule has 1 saturated heterocycles. The van der Waals surface area contributed by atoms with Crippen molar-refractivity contribution in [2.24, 2.45) is 5.73 Å². The SMILES string of the molecule is NCc1cn(C2CCCN(C3CCc4c(Cl)cccc43)C2)nn1. The van der Waals surface area contributed by atoms with Gasteiger partial charge in [0, 0.05) is 24.2 Å². The van der Waals surface area contributed by atoms with E-state index in [0.717, 1.165) is 43.1 Å². The Morgan fingerprint density at radius 2 is 2.22 bits per heavy atom. The number of likely N-dealkylation sites (tertiary alicyclic amines) is 1. The molecule has 1 aromatic carbocycles. The highest BCUT2D eigenvalue weighted by Gasteiger charge is 2.33. The van der Waals surface area contributed by atoms with Crippen LogP contribution >= 0.6 is 11.6 Å². The molecule has 0 radical (unpaired) electrons. The van der Waals surface area contributed by atoms with Gasteiger partial charge >= 0.3 is 0 Å². The van der Waals surface area contributed by atoms with Crippen LogP contribution in [0.25, 0.3) is 0 Å². The van der Waals surface area contributed by atoms with E-state index >= 15 is 0 Å². The lowest BCUT2D eigenvalue weighted by Gasteiger charge is -2.37. The summed E-state index contributed by atoms with van der Waals surface area (Å²) in [6.45, 7) is 2.61. The lowest BCUT2D eigenvalue weighted by molar-refractivity contribution is 0.120. The molecule has 0 amide bonds. The standard InChI is InChI=1S/C17H22ClN5/c18-16-5-1-4-15-14(16)6-7-17(15)22-8-2-3-13(11-22)23-10-12(9-19)20-21-23/h1,4-5,10,13,17H,2-3,6-9,11,19H2. The highest BCUT2D eigenvalue weighted by atomic mass is 35.5. The number of fused-ring (bicyclic) bond motifs is 1. The third-order valence-corrected chi connectivity index (χ3v) is 5.55. The molecule has 2 unspecified atom stereocenters. The molecule has 1 fully saturated rings. The Hall–Kier alpha value is -1.43. The van der Waals surface area contributed by atoms with E-state index in [4.69, 9.17) is 17.3 Å². The van der Waals surface area contributed by atoms with Crippen LogP contribution < -0.4 is 5.73 Å². The lowest BCUT2D eigenvalue weighted by atomic mass is 10.0. The Balaban J connectivity index is 1.54. The van der Waals surface area contributed by atoms with Gasteiger partial charge in [-0.25, -0.2) is 4.68 Å². The van der Waals surface area contributed by atoms with Gasteiger partial charge in [-0.3, -0.25) is 4.90 Å². The van der Waals surface area contributed by atoms with Crippen molar-refractivity contribution in [2.45, 2.75) is 44.3 Å². The number of halogens is 1. The second kappa shape index (κ2) is 6.23. The van der Waals surface area contributed by atoms with E-state index in [2.05, 4.69) is 27.3 Å². The van der Waals surface area contributed by atoms with Crippen LogP contribution in [0.2, 0.25) is 5.02 Å². The van der Waals surface area contributed by atoms with Crippen LogP contribution in [0.4, 0.5) is 0 Å². The maximum atomic E-state index is 6.36. The fourth-order valence-electron chi connectivity index (χ4n) is 4.03. The summed E-state index contributed by atoms with van der Waals surface area (Å²) >= 11 is 6.36. The number of piperidine rings is 1. The van der Waals surface area contributed by atoms with Crippen LogP contribution in [0.15, 0.2) is 24.4 Å². The molecule has 2 aromatic rings. The highest BCUT2D eigenvalue weighted by molar-refractivity contribution is 6.31. The van der Waals surface area contributed by atoms with E-state index in [0.29, 0.717) is 18.6 Å². The van der Waals surface area contributed by atoms with Crippen molar-refractivity contribution in [3.63, 3.8) is 0 Å². The zero-order chi connectivity index (χ0) is 15.8. The Morgan fingerprint density at radius 1 is 1.30 bits per heavy atom. The molecule has 4 rings (SSSR count). The molecule has 2 aliphatic rings. The molecule has 6 heteroatoms. The Bertz CT molecular complexity index is 698. The van der Waals surface area contributed by atoms with Crippen LogP contribution in [0.5, 0.6) is 0 Å². The Morgan fingerprint density at radius 3 is 3.04 bits per heavy atom. The fourth-order valence-corrected chi connectivity index (χ4v) is 4.31. The van der Waals surface area contributed by atoms with E-state index in [1.807, 2.05) is 16.9 Å². The molecule has 1 aliphatic carbocycles. The number of nitrogens with zero attached hydrogens (tertiary/aromatic N) is 4. The summed E-state index contributed by atoms with van der Waals surface area (Å²) in [4.78, 5) is 2.60. The molecule has 0 saturated carbocycles. The maximum absolute atomic E-state index is 6.36. The van der Waals surface area contributed by atoms with Gasteiger partial charge in [0.2, 0.25) is 0 Å². The second-order valence-corrected chi connectivity index (χ2v) is 6.95. The molecule has 2 N–H and O–H groups in total. The van der Waals surface area contributed by atoms with Crippen molar-refractivity contribution in [1.82, 2.24) is 19.9 Å². The molecule has 1 aliphatic heterocycles. The molecule has 0 spiro atoms. The summed E-state index contributed by atoms with van der Waals surface area (Å²) in [7, 11) is 0. The van der Waals surface area contributed by atoms with Gasteiger partial charge in [-0.2, -0.15) is 0 Å². The molecule has 5 nitrogen and oxygen atoms in total. The fraction of sp³-hybridized carbons (Fsp3) is 0.529. The van der Waals surface area contributed by atoms with Crippen molar-refractivity contribution in [3.05, 3.63) is 46.2 Å². The van der Waals surface area contributed by atoms with Gasteiger partial charge in [0.15, 0.2) is 0 Å². The van der Waals surface area contributed by atoms with Crippen LogP contribution in [0, 0.1) is 0 Å². The third-order valence-electron chi connectivity index (χ3n) is 5.19. The predicted octanol–water partition coefficient (Wildman–Crippen LogP) is 2.71. The highest BCUT2D eigenvalue weighted by Crippen LogP contribution is 2.40. The lowest BCUT2D eigenvalue weighted by Crippen LogP contribution is -2.38. The monoisotopic (exact) mass is 331 g/mol. The van der Waals surface area contributed by atoms with E-state index < -0.39 is 0 Å². The first-order valence-electron chi connectivity index (χ1n) is 8.38. The van der Waals surface area contributed by atoms with Gasteiger partial charge in [-0.15, -0.1) is 5.10 Å². The summed E-state index contributed by atoms with van der Waals surface area (Å²) in [6.07, 6.45) is 6.58. The number of aromatic nitrogens is 3. The number of benzene rings is 1. The van der Waals surface area contributed by atoms with Crippen molar-refractivity contribution in [2.75, 3.05) is 13.1 Å². The summed E-state index contributed by atoms with van der Waals surface area (Å²) in [5, 5.41) is 9.32.